The van der Waals surface area contributed by atoms with Gasteiger partial charge in [-0.05, 0) is 30.5 Å². The van der Waals surface area contributed by atoms with Gasteiger partial charge in [-0.1, -0.05) is 26.8 Å². The Morgan fingerprint density at radius 3 is 2.76 bits per heavy atom. The molecule has 0 radical (unpaired) electrons. The standard InChI is InChI=1S/C14H22N2O/c1-4-8-15-14(17)12-6-5-7-13(9-12)16-10-11(2)3/h5-7,9,11,16H,4,8,10H2,1-3H3,(H,15,17). The molecule has 3 heteroatoms. The van der Waals surface area contributed by atoms with Gasteiger partial charge in [0.2, 0.25) is 0 Å². The highest BCUT2D eigenvalue weighted by molar-refractivity contribution is 5.95. The molecule has 0 spiro atoms. The summed E-state index contributed by atoms with van der Waals surface area (Å²) in [5.74, 6) is 0.590. The summed E-state index contributed by atoms with van der Waals surface area (Å²) in [6, 6.07) is 7.63. The second kappa shape index (κ2) is 6.94. The van der Waals surface area contributed by atoms with Crippen molar-refractivity contribution in [3.05, 3.63) is 29.8 Å². The lowest BCUT2D eigenvalue weighted by Gasteiger charge is -2.10. The van der Waals surface area contributed by atoms with Crippen LogP contribution in [0.2, 0.25) is 0 Å². The zero-order valence-corrected chi connectivity index (χ0v) is 10.9. The Labute approximate surface area is 104 Å². The molecule has 0 bridgehead atoms. The van der Waals surface area contributed by atoms with Gasteiger partial charge in [-0.15, -0.1) is 0 Å². The third-order valence-corrected chi connectivity index (χ3v) is 2.37. The molecule has 0 aliphatic rings. The maximum atomic E-state index is 11.8. The SMILES string of the molecule is CCCNC(=O)c1cccc(NCC(C)C)c1. The van der Waals surface area contributed by atoms with E-state index in [1.807, 2.05) is 31.2 Å². The van der Waals surface area contributed by atoms with Crippen molar-refractivity contribution in [1.82, 2.24) is 5.32 Å². The monoisotopic (exact) mass is 234 g/mol. The minimum atomic E-state index is 0.0000435. The van der Waals surface area contributed by atoms with Crippen LogP contribution in [0, 0.1) is 5.92 Å². The number of carbonyl (C=O) groups excluding carboxylic acids is 1. The zero-order valence-electron chi connectivity index (χ0n) is 10.9. The van der Waals surface area contributed by atoms with Crippen LogP contribution in [0.15, 0.2) is 24.3 Å². The molecule has 0 heterocycles. The van der Waals surface area contributed by atoms with E-state index >= 15 is 0 Å². The van der Waals surface area contributed by atoms with E-state index in [1.54, 1.807) is 0 Å². The lowest BCUT2D eigenvalue weighted by atomic mass is 10.1. The van der Waals surface area contributed by atoms with Gasteiger partial charge < -0.3 is 10.6 Å². The molecule has 1 rings (SSSR count). The Hall–Kier alpha value is -1.51. The molecule has 0 aliphatic heterocycles. The van der Waals surface area contributed by atoms with E-state index in [1.165, 1.54) is 0 Å². The van der Waals surface area contributed by atoms with Gasteiger partial charge in [-0.3, -0.25) is 4.79 Å². The third kappa shape index (κ3) is 4.89. The topological polar surface area (TPSA) is 41.1 Å². The number of amides is 1. The average Bonchev–Trinajstić information content (AvgIpc) is 2.33. The lowest BCUT2D eigenvalue weighted by molar-refractivity contribution is 0.0953. The molecule has 94 valence electrons. The number of nitrogens with one attached hydrogen (secondary N) is 2. The molecule has 0 aliphatic carbocycles. The van der Waals surface area contributed by atoms with Crippen molar-refractivity contribution in [1.29, 1.82) is 0 Å². The highest BCUT2D eigenvalue weighted by atomic mass is 16.1. The van der Waals surface area contributed by atoms with Crippen LogP contribution in [0.25, 0.3) is 0 Å². The molecular formula is C14H22N2O. The van der Waals surface area contributed by atoms with Crippen LogP contribution < -0.4 is 10.6 Å². The minimum Gasteiger partial charge on any atom is -0.385 e. The van der Waals surface area contributed by atoms with E-state index in [9.17, 15) is 4.79 Å². The average molecular weight is 234 g/mol. The summed E-state index contributed by atoms with van der Waals surface area (Å²) in [7, 11) is 0. The second-order valence-corrected chi connectivity index (χ2v) is 4.61. The largest absolute Gasteiger partial charge is 0.385 e. The molecule has 1 aromatic rings. The Kier molecular flexibility index (Phi) is 5.53. The number of rotatable bonds is 6. The maximum Gasteiger partial charge on any atom is 0.251 e. The number of carbonyl (C=O) groups is 1. The molecule has 1 aromatic carbocycles. The van der Waals surface area contributed by atoms with E-state index < -0.39 is 0 Å². The van der Waals surface area contributed by atoms with Crippen LogP contribution in [0.5, 0.6) is 0 Å². The predicted molar refractivity (Wildman–Crippen MR) is 72.4 cm³/mol. The summed E-state index contributed by atoms with van der Waals surface area (Å²) >= 11 is 0. The molecule has 0 aromatic heterocycles. The van der Waals surface area contributed by atoms with Crippen molar-refractivity contribution < 1.29 is 4.79 Å². The Bertz CT molecular complexity index is 361. The van der Waals surface area contributed by atoms with Gasteiger partial charge in [0.25, 0.3) is 5.91 Å². The van der Waals surface area contributed by atoms with Crippen LogP contribution in [0.1, 0.15) is 37.6 Å². The third-order valence-electron chi connectivity index (χ3n) is 2.37. The number of hydrogen-bond acceptors (Lipinski definition) is 2. The van der Waals surface area contributed by atoms with Gasteiger partial charge in [0.05, 0.1) is 0 Å². The summed E-state index contributed by atoms with van der Waals surface area (Å²) in [4.78, 5) is 11.8. The minimum absolute atomic E-state index is 0.0000435. The van der Waals surface area contributed by atoms with Crippen molar-refractivity contribution in [2.24, 2.45) is 5.92 Å². The van der Waals surface area contributed by atoms with Crippen LogP contribution in [0.3, 0.4) is 0 Å². The second-order valence-electron chi connectivity index (χ2n) is 4.61. The molecule has 17 heavy (non-hydrogen) atoms. The Morgan fingerprint density at radius 2 is 2.12 bits per heavy atom. The van der Waals surface area contributed by atoms with Gasteiger partial charge in [-0.25, -0.2) is 0 Å². The van der Waals surface area contributed by atoms with Crippen LogP contribution in [0.4, 0.5) is 5.69 Å². The molecule has 0 fully saturated rings. The van der Waals surface area contributed by atoms with Gasteiger partial charge >= 0.3 is 0 Å². The first-order chi connectivity index (χ1) is 8.13. The maximum absolute atomic E-state index is 11.8. The fourth-order valence-electron chi connectivity index (χ4n) is 1.43. The van der Waals surface area contributed by atoms with Gasteiger partial charge in [-0.2, -0.15) is 0 Å². The quantitative estimate of drug-likeness (QED) is 0.794. The van der Waals surface area contributed by atoms with E-state index in [2.05, 4.69) is 24.5 Å². The normalized spacial score (nSPS) is 10.4. The molecule has 0 saturated carbocycles. The van der Waals surface area contributed by atoms with E-state index in [-0.39, 0.29) is 5.91 Å². The number of hydrogen-bond donors (Lipinski definition) is 2. The van der Waals surface area contributed by atoms with E-state index in [0.29, 0.717) is 11.5 Å². The molecular weight excluding hydrogens is 212 g/mol. The van der Waals surface area contributed by atoms with Crippen LogP contribution in [-0.2, 0) is 0 Å². The van der Waals surface area contributed by atoms with Crippen LogP contribution >= 0.6 is 0 Å². The highest BCUT2D eigenvalue weighted by Crippen LogP contribution is 2.11. The zero-order chi connectivity index (χ0) is 12.7. The lowest BCUT2D eigenvalue weighted by Crippen LogP contribution is -2.24. The number of anilines is 1. The molecule has 2 N–H and O–H groups in total. The van der Waals surface area contributed by atoms with Crippen molar-refractivity contribution in [3.8, 4) is 0 Å². The summed E-state index contributed by atoms with van der Waals surface area (Å²) in [5.41, 5.74) is 1.72. The number of benzene rings is 1. The molecule has 1 amide bonds. The van der Waals surface area contributed by atoms with Crippen molar-refractivity contribution >= 4 is 11.6 Å². The van der Waals surface area contributed by atoms with Crippen molar-refractivity contribution in [2.75, 3.05) is 18.4 Å². The molecule has 0 unspecified atom stereocenters. The fraction of sp³-hybridized carbons (Fsp3) is 0.500. The fourth-order valence-corrected chi connectivity index (χ4v) is 1.43. The summed E-state index contributed by atoms with van der Waals surface area (Å²) < 4.78 is 0. The highest BCUT2D eigenvalue weighted by Gasteiger charge is 2.05. The predicted octanol–water partition coefficient (Wildman–Crippen LogP) is 2.89. The first kappa shape index (κ1) is 13.6. The van der Waals surface area contributed by atoms with Gasteiger partial charge in [0.15, 0.2) is 0 Å². The van der Waals surface area contributed by atoms with Gasteiger partial charge in [0, 0.05) is 24.3 Å². The smallest absolute Gasteiger partial charge is 0.251 e. The molecule has 3 nitrogen and oxygen atoms in total. The van der Waals surface area contributed by atoms with Crippen molar-refractivity contribution in [3.63, 3.8) is 0 Å². The first-order valence-corrected chi connectivity index (χ1v) is 6.25. The van der Waals surface area contributed by atoms with Gasteiger partial charge in [0.1, 0.15) is 0 Å². The van der Waals surface area contributed by atoms with Crippen molar-refractivity contribution in [2.45, 2.75) is 27.2 Å². The first-order valence-electron chi connectivity index (χ1n) is 6.25. The van der Waals surface area contributed by atoms with E-state index in [4.69, 9.17) is 0 Å². The molecule has 0 atom stereocenters. The Morgan fingerprint density at radius 1 is 1.35 bits per heavy atom. The van der Waals surface area contributed by atoms with E-state index in [0.717, 1.165) is 25.2 Å². The summed E-state index contributed by atoms with van der Waals surface area (Å²) in [6.45, 7) is 8.00. The summed E-state index contributed by atoms with van der Waals surface area (Å²) in [6.07, 6.45) is 0.955. The summed E-state index contributed by atoms with van der Waals surface area (Å²) in [5, 5.41) is 6.19. The molecule has 0 saturated heterocycles. The van der Waals surface area contributed by atoms with Crippen LogP contribution in [-0.4, -0.2) is 19.0 Å². The Balaban J connectivity index is 2.61.